The van der Waals surface area contributed by atoms with Gasteiger partial charge in [0.1, 0.15) is 0 Å². The second-order valence-electron chi connectivity index (χ2n) is 9.27. The number of nitrogens with zero attached hydrogens (tertiary/aromatic N) is 3. The third-order valence-electron chi connectivity index (χ3n) is 6.41. The normalized spacial score (nSPS) is 25.4. The van der Waals surface area contributed by atoms with Gasteiger partial charge in [0.15, 0.2) is 5.96 Å². The number of hydrogen-bond acceptors (Lipinski definition) is 4. The Kier molecular flexibility index (Phi) is 9.21. The summed E-state index contributed by atoms with van der Waals surface area (Å²) >= 11 is 0. The van der Waals surface area contributed by atoms with Crippen molar-refractivity contribution in [3.63, 3.8) is 0 Å². The van der Waals surface area contributed by atoms with Crippen LogP contribution in [0.2, 0.25) is 0 Å². The minimum atomic E-state index is 0.111. The van der Waals surface area contributed by atoms with Crippen LogP contribution in [0.3, 0.4) is 0 Å². The molecular weight excluding hydrogens is 366 g/mol. The van der Waals surface area contributed by atoms with Gasteiger partial charge in [-0.25, -0.2) is 0 Å². The summed E-state index contributed by atoms with van der Waals surface area (Å²) in [7, 11) is 3.63. The van der Waals surface area contributed by atoms with E-state index in [-0.39, 0.29) is 11.3 Å². The number of nitrogens with one attached hydrogen (secondary N) is 2. The first-order valence-corrected chi connectivity index (χ1v) is 11.4. The summed E-state index contributed by atoms with van der Waals surface area (Å²) in [6.07, 6.45) is 5.73. The fourth-order valence-corrected chi connectivity index (χ4v) is 4.00. The number of likely N-dealkylation sites (N-methyl/N-ethyl adjacent to an activating group) is 1. The van der Waals surface area contributed by atoms with Gasteiger partial charge in [0.25, 0.3) is 0 Å². The van der Waals surface area contributed by atoms with E-state index in [9.17, 15) is 4.79 Å². The number of likely N-dealkylation sites (tertiary alicyclic amines) is 1. The van der Waals surface area contributed by atoms with Crippen LogP contribution in [0.15, 0.2) is 4.99 Å². The molecule has 2 atom stereocenters. The van der Waals surface area contributed by atoms with Gasteiger partial charge in [-0.05, 0) is 32.6 Å². The van der Waals surface area contributed by atoms with E-state index in [2.05, 4.69) is 48.2 Å². The van der Waals surface area contributed by atoms with E-state index in [0.717, 1.165) is 57.9 Å². The highest BCUT2D eigenvalue weighted by atomic mass is 16.5. The van der Waals surface area contributed by atoms with E-state index in [0.29, 0.717) is 24.7 Å². The van der Waals surface area contributed by atoms with Gasteiger partial charge in [-0.2, -0.15) is 0 Å². The molecule has 0 radical (unpaired) electrons. The Hall–Kier alpha value is -1.34. The van der Waals surface area contributed by atoms with Crippen molar-refractivity contribution >= 4 is 11.9 Å². The van der Waals surface area contributed by atoms with Gasteiger partial charge in [0, 0.05) is 57.8 Å². The fraction of sp³-hybridized carbons (Fsp3) is 0.909. The highest BCUT2D eigenvalue weighted by Crippen LogP contribution is 2.42. The molecule has 7 nitrogen and oxygen atoms in total. The molecule has 2 unspecified atom stereocenters. The Labute approximate surface area is 177 Å². The smallest absolute Gasteiger partial charge is 0.236 e. The first-order chi connectivity index (χ1) is 13.8. The van der Waals surface area contributed by atoms with E-state index in [1.165, 1.54) is 6.42 Å². The van der Waals surface area contributed by atoms with Gasteiger partial charge in [-0.15, -0.1) is 0 Å². The van der Waals surface area contributed by atoms with E-state index < -0.39 is 0 Å². The van der Waals surface area contributed by atoms with Crippen molar-refractivity contribution in [1.29, 1.82) is 0 Å². The molecule has 0 spiro atoms. The second kappa shape index (κ2) is 11.2. The molecule has 168 valence electrons. The lowest BCUT2D eigenvalue weighted by atomic mass is 9.64. The van der Waals surface area contributed by atoms with E-state index in [1.807, 2.05) is 14.1 Å². The predicted molar refractivity (Wildman–Crippen MR) is 119 cm³/mol. The minimum absolute atomic E-state index is 0.111. The van der Waals surface area contributed by atoms with Crippen molar-refractivity contribution in [2.75, 3.05) is 46.9 Å². The average Bonchev–Trinajstić information content (AvgIpc) is 2.68. The molecule has 0 bridgehead atoms. The summed E-state index contributed by atoms with van der Waals surface area (Å²) in [5.74, 6) is 1.09. The maximum Gasteiger partial charge on any atom is 0.236 e. The first kappa shape index (κ1) is 23.9. The van der Waals surface area contributed by atoms with Crippen molar-refractivity contribution in [3.05, 3.63) is 0 Å². The van der Waals surface area contributed by atoms with Crippen molar-refractivity contribution in [1.82, 2.24) is 20.4 Å². The van der Waals surface area contributed by atoms with Crippen molar-refractivity contribution < 1.29 is 9.53 Å². The fourth-order valence-electron chi connectivity index (χ4n) is 4.00. The van der Waals surface area contributed by atoms with Crippen molar-refractivity contribution in [2.24, 2.45) is 10.4 Å². The van der Waals surface area contributed by atoms with E-state index in [4.69, 9.17) is 4.74 Å². The molecule has 1 saturated carbocycles. The molecule has 0 aromatic heterocycles. The van der Waals surface area contributed by atoms with Crippen LogP contribution in [0, 0.1) is 5.41 Å². The zero-order valence-corrected chi connectivity index (χ0v) is 19.5. The topological polar surface area (TPSA) is 69.2 Å². The largest absolute Gasteiger partial charge is 0.378 e. The number of unbranched alkanes of at least 4 members (excludes halogenated alkanes) is 1. The Balaban J connectivity index is 1.78. The average molecular weight is 410 g/mol. The van der Waals surface area contributed by atoms with Crippen LogP contribution < -0.4 is 10.6 Å². The number of carbonyl (C=O) groups is 1. The number of hydrogen-bond donors (Lipinski definition) is 2. The zero-order chi connectivity index (χ0) is 21.4. The molecule has 0 aromatic rings. The van der Waals surface area contributed by atoms with Gasteiger partial charge in [-0.1, -0.05) is 27.2 Å². The van der Waals surface area contributed by atoms with Crippen molar-refractivity contribution in [2.45, 2.75) is 78.0 Å². The molecule has 2 fully saturated rings. The monoisotopic (exact) mass is 409 g/mol. The molecule has 0 aromatic carbocycles. The number of carbonyl (C=O) groups excluding carboxylic acids is 1. The van der Waals surface area contributed by atoms with Crippen LogP contribution in [-0.2, 0) is 9.53 Å². The number of rotatable bonds is 9. The van der Waals surface area contributed by atoms with Crippen LogP contribution >= 0.6 is 0 Å². The SMILES string of the molecule is CCCCOC1CC(NC(=NCC)NC2CCN(CC(=O)N(C)C)CC2)C1(C)C. The molecular formula is C22H43N5O2. The third-order valence-corrected chi connectivity index (χ3v) is 6.41. The summed E-state index contributed by atoms with van der Waals surface area (Å²) in [5, 5.41) is 7.29. The molecule has 1 saturated heterocycles. The summed E-state index contributed by atoms with van der Waals surface area (Å²) < 4.78 is 6.08. The van der Waals surface area contributed by atoms with Gasteiger partial charge in [-0.3, -0.25) is 14.7 Å². The van der Waals surface area contributed by atoms with Crippen LogP contribution in [0.5, 0.6) is 0 Å². The number of amides is 1. The molecule has 1 amide bonds. The molecule has 7 heteroatoms. The highest BCUT2D eigenvalue weighted by Gasteiger charge is 2.49. The number of ether oxygens (including phenoxy) is 1. The number of guanidine groups is 1. The summed E-state index contributed by atoms with van der Waals surface area (Å²) in [4.78, 5) is 20.5. The number of piperidine rings is 1. The standard InChI is InChI=1S/C22H43N5O2/c1-7-9-14-29-19-15-18(22(19,3)4)25-21(23-8-2)24-17-10-12-27(13-11-17)16-20(28)26(5)6/h17-19H,7-16H2,1-6H3,(H2,23,24,25). The molecule has 2 N–H and O–H groups in total. The Morgan fingerprint density at radius 2 is 1.90 bits per heavy atom. The van der Waals surface area contributed by atoms with Crippen LogP contribution in [0.25, 0.3) is 0 Å². The Morgan fingerprint density at radius 1 is 1.21 bits per heavy atom. The molecule has 2 rings (SSSR count). The van der Waals surface area contributed by atoms with Crippen LogP contribution in [0.4, 0.5) is 0 Å². The summed E-state index contributed by atoms with van der Waals surface area (Å²) in [5.41, 5.74) is 0.111. The van der Waals surface area contributed by atoms with Gasteiger partial charge in [0.05, 0.1) is 12.6 Å². The minimum Gasteiger partial charge on any atom is -0.378 e. The summed E-state index contributed by atoms with van der Waals surface area (Å²) in [6, 6.07) is 0.781. The van der Waals surface area contributed by atoms with Gasteiger partial charge in [0.2, 0.25) is 5.91 Å². The Bertz CT molecular complexity index is 541. The highest BCUT2D eigenvalue weighted by molar-refractivity contribution is 5.80. The van der Waals surface area contributed by atoms with E-state index >= 15 is 0 Å². The van der Waals surface area contributed by atoms with E-state index in [1.54, 1.807) is 4.90 Å². The Morgan fingerprint density at radius 3 is 2.45 bits per heavy atom. The first-order valence-electron chi connectivity index (χ1n) is 11.4. The lowest BCUT2D eigenvalue weighted by Gasteiger charge is -2.52. The van der Waals surface area contributed by atoms with Gasteiger partial charge >= 0.3 is 0 Å². The molecule has 29 heavy (non-hydrogen) atoms. The quantitative estimate of drug-likeness (QED) is 0.347. The van der Waals surface area contributed by atoms with Crippen molar-refractivity contribution in [3.8, 4) is 0 Å². The molecule has 1 aliphatic carbocycles. The maximum atomic E-state index is 11.9. The third kappa shape index (κ3) is 6.85. The molecule has 1 aliphatic heterocycles. The van der Waals surface area contributed by atoms with Crippen LogP contribution in [-0.4, -0.2) is 86.7 Å². The lowest BCUT2D eigenvalue weighted by Crippen LogP contribution is -2.64. The maximum absolute atomic E-state index is 11.9. The second-order valence-corrected chi connectivity index (χ2v) is 9.27. The molecule has 1 heterocycles. The van der Waals surface area contributed by atoms with Crippen LogP contribution in [0.1, 0.15) is 59.8 Å². The molecule has 2 aliphatic rings. The summed E-state index contributed by atoms with van der Waals surface area (Å²) in [6.45, 7) is 12.9. The van der Waals surface area contributed by atoms with Gasteiger partial charge < -0.3 is 20.3 Å². The lowest BCUT2D eigenvalue weighted by molar-refractivity contribution is -0.130. The number of aliphatic imine (C=N–C) groups is 1. The predicted octanol–water partition coefficient (Wildman–Crippen LogP) is 2.08. The zero-order valence-electron chi connectivity index (χ0n) is 19.5.